The number of hydrogen-bond donors (Lipinski definition) is 1. The minimum absolute atomic E-state index is 0.0892. The van der Waals surface area contributed by atoms with E-state index in [9.17, 15) is 0 Å². The minimum Gasteiger partial charge on any atom is -0.268 e. The molecule has 0 amide bonds. The summed E-state index contributed by atoms with van der Waals surface area (Å²) in [5.74, 6) is 6.39. The van der Waals surface area contributed by atoms with Crippen LogP contribution in [0.5, 0.6) is 0 Å². The van der Waals surface area contributed by atoms with Crippen molar-refractivity contribution >= 4 is 0 Å². The van der Waals surface area contributed by atoms with Crippen LogP contribution in [-0.4, -0.2) is 17.1 Å². The summed E-state index contributed by atoms with van der Waals surface area (Å²) in [5.41, 5.74) is -0.0248. The first-order valence-electron chi connectivity index (χ1n) is 7.08. The molecule has 1 aliphatic rings. The fraction of sp³-hybridized carbons (Fsp3) is 0.529. The van der Waals surface area contributed by atoms with Crippen LogP contribution in [0.3, 0.4) is 0 Å². The summed E-state index contributed by atoms with van der Waals surface area (Å²) in [6.07, 6.45) is 13.9. The molecule has 0 radical (unpaired) electrons. The molecule has 1 aliphatic heterocycles. The molecular weight excluding hydrogens is 232 g/mol. The maximum Gasteiger partial charge on any atom is 0.0482 e. The highest BCUT2D eigenvalue weighted by Crippen LogP contribution is 2.52. The molecule has 1 fully saturated rings. The number of rotatable bonds is 8. The summed E-state index contributed by atoms with van der Waals surface area (Å²) in [5, 5.41) is 2.02. The van der Waals surface area contributed by atoms with Gasteiger partial charge in [0.1, 0.15) is 0 Å². The van der Waals surface area contributed by atoms with Gasteiger partial charge in [0.05, 0.1) is 0 Å². The molecule has 1 heterocycles. The summed E-state index contributed by atoms with van der Waals surface area (Å²) in [4.78, 5) is 0. The predicted octanol–water partition coefficient (Wildman–Crippen LogP) is 3.99. The van der Waals surface area contributed by atoms with E-state index in [1.807, 2.05) is 29.3 Å². The average Bonchev–Trinajstić information content (AvgIpc) is 2.37. The number of hydrazine groups is 1. The van der Waals surface area contributed by atoms with Gasteiger partial charge in [-0.2, -0.15) is 0 Å². The van der Waals surface area contributed by atoms with E-state index in [-0.39, 0.29) is 11.0 Å². The molecule has 0 aromatic heterocycles. The number of hydrogen-bond acceptors (Lipinski definition) is 2. The fourth-order valence-electron chi connectivity index (χ4n) is 3.79. The Kier molecular flexibility index (Phi) is 5.77. The van der Waals surface area contributed by atoms with Gasteiger partial charge in [-0.25, -0.2) is 5.01 Å². The standard InChI is InChI=1S/C17H28N2/c1-5-10-16(11-6-2)14-9-15-19(18)17(16,12-7-3)13-8-4/h5-8H,1-4,9-15,18H2. The van der Waals surface area contributed by atoms with E-state index in [1.54, 1.807) is 0 Å². The van der Waals surface area contributed by atoms with Crippen molar-refractivity contribution in [3.63, 3.8) is 0 Å². The van der Waals surface area contributed by atoms with Gasteiger partial charge in [0.25, 0.3) is 0 Å². The highest BCUT2D eigenvalue weighted by atomic mass is 15.5. The van der Waals surface area contributed by atoms with Gasteiger partial charge in [0.2, 0.25) is 0 Å². The second kappa shape index (κ2) is 6.88. The van der Waals surface area contributed by atoms with Gasteiger partial charge in [-0.3, -0.25) is 5.84 Å². The summed E-state index contributed by atoms with van der Waals surface area (Å²) >= 11 is 0. The molecule has 2 heteroatoms. The van der Waals surface area contributed by atoms with Gasteiger partial charge in [0.15, 0.2) is 0 Å². The molecule has 1 rings (SSSR count). The third-order valence-electron chi connectivity index (χ3n) is 4.63. The van der Waals surface area contributed by atoms with Crippen LogP contribution in [0.25, 0.3) is 0 Å². The van der Waals surface area contributed by atoms with Crippen molar-refractivity contribution in [2.75, 3.05) is 6.54 Å². The Morgan fingerprint density at radius 2 is 1.37 bits per heavy atom. The van der Waals surface area contributed by atoms with Crippen LogP contribution in [0, 0.1) is 5.41 Å². The van der Waals surface area contributed by atoms with Crippen molar-refractivity contribution in [2.24, 2.45) is 11.3 Å². The highest BCUT2D eigenvalue weighted by Gasteiger charge is 2.52. The Morgan fingerprint density at radius 3 is 1.79 bits per heavy atom. The van der Waals surface area contributed by atoms with Gasteiger partial charge in [-0.05, 0) is 43.9 Å². The summed E-state index contributed by atoms with van der Waals surface area (Å²) in [6.45, 7) is 16.7. The third-order valence-corrected chi connectivity index (χ3v) is 4.63. The lowest BCUT2D eigenvalue weighted by atomic mass is 9.58. The van der Waals surface area contributed by atoms with Crippen LogP contribution in [0.4, 0.5) is 0 Å². The van der Waals surface area contributed by atoms with Crippen LogP contribution in [0.2, 0.25) is 0 Å². The summed E-state index contributed by atoms with van der Waals surface area (Å²) in [6, 6.07) is 0. The van der Waals surface area contributed by atoms with Crippen molar-refractivity contribution in [1.29, 1.82) is 0 Å². The van der Waals surface area contributed by atoms with Gasteiger partial charge in [0, 0.05) is 12.1 Å². The Labute approximate surface area is 118 Å². The molecule has 0 aliphatic carbocycles. The highest BCUT2D eigenvalue weighted by molar-refractivity contribution is 5.14. The van der Waals surface area contributed by atoms with E-state index < -0.39 is 0 Å². The first kappa shape index (κ1) is 15.9. The van der Waals surface area contributed by atoms with E-state index in [0.717, 1.165) is 45.1 Å². The summed E-state index contributed by atoms with van der Waals surface area (Å²) in [7, 11) is 0. The van der Waals surface area contributed by atoms with Crippen molar-refractivity contribution < 1.29 is 0 Å². The second-order valence-corrected chi connectivity index (χ2v) is 5.58. The molecule has 0 aromatic carbocycles. The SMILES string of the molecule is C=CCC1(CC=C)CCCN(N)C1(CC=C)CC=C. The molecule has 1 saturated heterocycles. The fourth-order valence-corrected chi connectivity index (χ4v) is 3.79. The zero-order valence-corrected chi connectivity index (χ0v) is 12.1. The molecule has 2 N–H and O–H groups in total. The lowest BCUT2D eigenvalue weighted by Crippen LogP contribution is -2.65. The molecule has 0 atom stereocenters. The monoisotopic (exact) mass is 260 g/mol. The van der Waals surface area contributed by atoms with Crippen molar-refractivity contribution in [3.8, 4) is 0 Å². The van der Waals surface area contributed by atoms with Crippen LogP contribution in [0.1, 0.15) is 38.5 Å². The maximum absolute atomic E-state index is 6.39. The van der Waals surface area contributed by atoms with Crippen molar-refractivity contribution in [2.45, 2.75) is 44.1 Å². The van der Waals surface area contributed by atoms with Crippen LogP contribution < -0.4 is 5.84 Å². The number of piperidine rings is 1. The third kappa shape index (κ3) is 2.75. The number of nitrogens with zero attached hydrogens (tertiary/aromatic N) is 1. The first-order valence-corrected chi connectivity index (χ1v) is 7.08. The van der Waals surface area contributed by atoms with E-state index >= 15 is 0 Å². The Morgan fingerprint density at radius 1 is 0.895 bits per heavy atom. The quantitative estimate of drug-likeness (QED) is 0.528. The Hall–Kier alpha value is -1.12. The molecule has 0 aromatic rings. The van der Waals surface area contributed by atoms with E-state index in [0.29, 0.717) is 0 Å². The molecule has 2 nitrogen and oxygen atoms in total. The van der Waals surface area contributed by atoms with Gasteiger partial charge < -0.3 is 0 Å². The van der Waals surface area contributed by atoms with E-state index in [1.165, 1.54) is 0 Å². The topological polar surface area (TPSA) is 29.3 Å². The Bertz CT molecular complexity index is 323. The molecule has 0 unspecified atom stereocenters. The first-order chi connectivity index (χ1) is 9.12. The van der Waals surface area contributed by atoms with Crippen LogP contribution in [-0.2, 0) is 0 Å². The second-order valence-electron chi connectivity index (χ2n) is 5.58. The zero-order chi connectivity index (χ0) is 14.4. The largest absolute Gasteiger partial charge is 0.268 e. The van der Waals surface area contributed by atoms with Crippen molar-refractivity contribution in [3.05, 3.63) is 50.6 Å². The molecule has 0 saturated carbocycles. The van der Waals surface area contributed by atoms with Gasteiger partial charge in [-0.15, -0.1) is 26.3 Å². The van der Waals surface area contributed by atoms with Crippen LogP contribution in [0.15, 0.2) is 50.6 Å². The lowest BCUT2D eigenvalue weighted by Gasteiger charge is -2.58. The van der Waals surface area contributed by atoms with Gasteiger partial charge >= 0.3 is 0 Å². The van der Waals surface area contributed by atoms with E-state index in [4.69, 9.17) is 5.84 Å². The summed E-state index contributed by atoms with van der Waals surface area (Å²) < 4.78 is 0. The zero-order valence-electron chi connectivity index (χ0n) is 12.1. The minimum atomic E-state index is -0.114. The molecule has 0 bridgehead atoms. The van der Waals surface area contributed by atoms with E-state index in [2.05, 4.69) is 26.3 Å². The van der Waals surface area contributed by atoms with Gasteiger partial charge in [-0.1, -0.05) is 24.3 Å². The normalized spacial score (nSPS) is 21.5. The molecule has 0 spiro atoms. The smallest absolute Gasteiger partial charge is 0.0482 e. The average molecular weight is 260 g/mol. The van der Waals surface area contributed by atoms with Crippen molar-refractivity contribution in [1.82, 2.24) is 5.01 Å². The lowest BCUT2D eigenvalue weighted by molar-refractivity contribution is -0.0726. The number of nitrogens with two attached hydrogens (primary N) is 1. The molecule has 19 heavy (non-hydrogen) atoms. The molecule has 106 valence electrons. The maximum atomic E-state index is 6.39. The predicted molar refractivity (Wildman–Crippen MR) is 84.5 cm³/mol. The number of allylic oxidation sites excluding steroid dienone is 2. The molecular formula is C17H28N2. The van der Waals surface area contributed by atoms with Crippen LogP contribution >= 0.6 is 0 Å². The Balaban J connectivity index is 3.31.